The number of nitrogens with one attached hydrogen (secondary N) is 3. The summed E-state index contributed by atoms with van der Waals surface area (Å²) in [4.78, 5) is 34.2. The molecule has 0 heterocycles. The number of likely N-dealkylation sites (N-methyl/N-ethyl adjacent to an activating group) is 1. The van der Waals surface area contributed by atoms with E-state index < -0.39 is 6.04 Å². The van der Waals surface area contributed by atoms with Crippen LogP contribution in [0.1, 0.15) is 27.2 Å². The van der Waals surface area contributed by atoms with Crippen molar-refractivity contribution >= 4 is 29.5 Å². The molecule has 0 aliphatic carbocycles. The van der Waals surface area contributed by atoms with Crippen molar-refractivity contribution in [3.63, 3.8) is 0 Å². The van der Waals surface area contributed by atoms with Crippen LogP contribution in [0.2, 0.25) is 0 Å². The van der Waals surface area contributed by atoms with Gasteiger partial charge in [0.1, 0.15) is 0 Å². The number of carbonyl (C=O) groups excluding carboxylic acids is 3. The molecule has 0 aliphatic rings. The van der Waals surface area contributed by atoms with Gasteiger partial charge in [0.25, 0.3) is 0 Å². The monoisotopic (exact) mass is 318 g/mol. The molecule has 0 aromatic carbocycles. The molecular formula is C13H26N4O3S. The van der Waals surface area contributed by atoms with E-state index in [2.05, 4.69) is 16.0 Å². The normalized spacial score (nSPS) is 11.9. The van der Waals surface area contributed by atoms with E-state index in [1.165, 1.54) is 11.8 Å². The van der Waals surface area contributed by atoms with E-state index in [9.17, 15) is 14.4 Å². The summed E-state index contributed by atoms with van der Waals surface area (Å²) in [7, 11) is 0. The highest BCUT2D eigenvalue weighted by Crippen LogP contribution is 2.01. The van der Waals surface area contributed by atoms with Gasteiger partial charge in [0.15, 0.2) is 0 Å². The maximum absolute atomic E-state index is 11.5. The number of nitrogens with two attached hydrogens (primary N) is 1. The van der Waals surface area contributed by atoms with Crippen LogP contribution in [0.15, 0.2) is 0 Å². The van der Waals surface area contributed by atoms with E-state index in [4.69, 9.17) is 5.73 Å². The fourth-order valence-electron chi connectivity index (χ4n) is 1.42. The van der Waals surface area contributed by atoms with Crippen molar-refractivity contribution < 1.29 is 14.4 Å². The third-order valence-electron chi connectivity index (χ3n) is 2.34. The average molecular weight is 318 g/mol. The van der Waals surface area contributed by atoms with Gasteiger partial charge in [0.2, 0.25) is 17.7 Å². The van der Waals surface area contributed by atoms with Crippen LogP contribution in [0.25, 0.3) is 0 Å². The molecule has 0 aromatic heterocycles. The van der Waals surface area contributed by atoms with Crippen molar-refractivity contribution in [1.82, 2.24) is 16.0 Å². The quantitative estimate of drug-likeness (QED) is 0.422. The van der Waals surface area contributed by atoms with Crippen molar-refractivity contribution in [2.75, 3.05) is 24.6 Å². The summed E-state index contributed by atoms with van der Waals surface area (Å²) in [6.45, 7) is 6.42. The van der Waals surface area contributed by atoms with E-state index in [0.29, 0.717) is 18.8 Å². The fourth-order valence-corrected chi connectivity index (χ4v) is 2.23. The Morgan fingerprint density at radius 2 is 1.81 bits per heavy atom. The lowest BCUT2D eigenvalue weighted by atomic mass is 10.3. The Labute approximate surface area is 130 Å². The van der Waals surface area contributed by atoms with Crippen LogP contribution in [0.5, 0.6) is 0 Å². The molecule has 0 unspecified atom stereocenters. The van der Waals surface area contributed by atoms with Crippen LogP contribution in [-0.2, 0) is 14.4 Å². The minimum Gasteiger partial charge on any atom is -0.355 e. The summed E-state index contributed by atoms with van der Waals surface area (Å²) >= 11 is 1.29. The number of hydrogen-bond acceptors (Lipinski definition) is 5. The Bertz CT molecular complexity index is 350. The lowest BCUT2D eigenvalue weighted by Gasteiger charge is -2.11. The van der Waals surface area contributed by atoms with Crippen molar-refractivity contribution in [3.05, 3.63) is 0 Å². The highest BCUT2D eigenvalue weighted by atomic mass is 32.2. The Morgan fingerprint density at radius 3 is 2.38 bits per heavy atom. The van der Waals surface area contributed by atoms with Gasteiger partial charge in [-0.2, -0.15) is 0 Å². The van der Waals surface area contributed by atoms with E-state index >= 15 is 0 Å². The molecule has 122 valence electrons. The van der Waals surface area contributed by atoms with Gasteiger partial charge in [-0.25, -0.2) is 0 Å². The Morgan fingerprint density at radius 1 is 1.14 bits per heavy atom. The van der Waals surface area contributed by atoms with Gasteiger partial charge in [-0.15, -0.1) is 11.8 Å². The molecule has 0 radical (unpaired) electrons. The second-order valence-corrected chi connectivity index (χ2v) is 5.87. The molecule has 7 nitrogen and oxygen atoms in total. The summed E-state index contributed by atoms with van der Waals surface area (Å²) < 4.78 is 0. The second-order valence-electron chi connectivity index (χ2n) is 4.84. The van der Waals surface area contributed by atoms with Gasteiger partial charge in [0.05, 0.1) is 11.8 Å². The summed E-state index contributed by atoms with van der Waals surface area (Å²) in [5.41, 5.74) is 5.66. The van der Waals surface area contributed by atoms with Crippen LogP contribution in [-0.4, -0.2) is 54.4 Å². The fraction of sp³-hybridized carbons (Fsp3) is 0.769. The number of rotatable bonds is 10. The molecule has 3 amide bonds. The third-order valence-corrected chi connectivity index (χ3v) is 3.40. The van der Waals surface area contributed by atoms with Crippen molar-refractivity contribution in [2.45, 2.75) is 39.3 Å². The topological polar surface area (TPSA) is 113 Å². The van der Waals surface area contributed by atoms with Crippen LogP contribution in [0.4, 0.5) is 0 Å². The summed E-state index contributed by atoms with van der Waals surface area (Å²) in [5.74, 6) is 0.138. The molecule has 0 rings (SSSR count). The van der Waals surface area contributed by atoms with Crippen molar-refractivity contribution in [3.8, 4) is 0 Å². The molecule has 0 spiro atoms. The first-order valence-corrected chi connectivity index (χ1v) is 8.19. The predicted molar refractivity (Wildman–Crippen MR) is 84.9 cm³/mol. The highest BCUT2D eigenvalue weighted by Gasteiger charge is 2.13. The zero-order valence-corrected chi connectivity index (χ0v) is 13.7. The maximum Gasteiger partial charge on any atom is 0.237 e. The van der Waals surface area contributed by atoms with Gasteiger partial charge < -0.3 is 21.7 Å². The van der Waals surface area contributed by atoms with Gasteiger partial charge >= 0.3 is 0 Å². The van der Waals surface area contributed by atoms with E-state index in [-0.39, 0.29) is 35.9 Å². The van der Waals surface area contributed by atoms with E-state index in [1.807, 2.05) is 20.8 Å². The third kappa shape index (κ3) is 11.1. The largest absolute Gasteiger partial charge is 0.355 e. The molecule has 21 heavy (non-hydrogen) atoms. The number of amides is 3. The summed E-state index contributed by atoms with van der Waals surface area (Å²) in [6.07, 6.45) is 0.257. The van der Waals surface area contributed by atoms with Crippen LogP contribution in [0, 0.1) is 0 Å². The molecule has 8 heteroatoms. The molecule has 0 bridgehead atoms. The molecule has 0 saturated heterocycles. The zero-order valence-electron chi connectivity index (χ0n) is 12.9. The standard InChI is InChI=1S/C13H26N4O3S/c1-4-15-13(20)10(14)7-21-8-12(19)16-6-5-11(18)17-9(2)3/h9-10H,4-8,14H2,1-3H3,(H,15,20)(H,16,19)(H,17,18)/t10-/m0/s1. The van der Waals surface area contributed by atoms with Crippen molar-refractivity contribution in [2.24, 2.45) is 5.73 Å². The molecule has 5 N–H and O–H groups in total. The number of carbonyl (C=O) groups is 3. The van der Waals surface area contributed by atoms with Crippen molar-refractivity contribution in [1.29, 1.82) is 0 Å². The molecule has 0 saturated carbocycles. The first-order chi connectivity index (χ1) is 9.86. The Kier molecular flexibility index (Phi) is 10.7. The number of thioether (sulfide) groups is 1. The second kappa shape index (κ2) is 11.4. The zero-order chi connectivity index (χ0) is 16.3. The lowest BCUT2D eigenvalue weighted by molar-refractivity contribution is -0.123. The van der Waals surface area contributed by atoms with E-state index in [1.54, 1.807) is 0 Å². The first-order valence-electron chi connectivity index (χ1n) is 7.03. The Hall–Kier alpha value is -1.28. The SMILES string of the molecule is CCNC(=O)[C@@H](N)CSCC(=O)NCCC(=O)NC(C)C. The van der Waals surface area contributed by atoms with Crippen LogP contribution < -0.4 is 21.7 Å². The molecule has 0 aromatic rings. The minimum absolute atomic E-state index is 0.0868. The van der Waals surface area contributed by atoms with Gasteiger partial charge in [-0.05, 0) is 20.8 Å². The highest BCUT2D eigenvalue weighted by molar-refractivity contribution is 8.00. The summed E-state index contributed by atoms with van der Waals surface area (Å²) in [6, 6.07) is -0.515. The Balaban J connectivity index is 3.67. The predicted octanol–water partition coefficient (Wildman–Crippen LogP) is -0.786. The molecule has 0 fully saturated rings. The lowest BCUT2D eigenvalue weighted by Crippen LogP contribution is -2.42. The number of hydrogen-bond donors (Lipinski definition) is 4. The average Bonchev–Trinajstić information content (AvgIpc) is 2.37. The van der Waals surface area contributed by atoms with Crippen LogP contribution in [0.3, 0.4) is 0 Å². The summed E-state index contributed by atoms with van der Waals surface area (Å²) in [5, 5.41) is 8.02. The van der Waals surface area contributed by atoms with E-state index in [0.717, 1.165) is 0 Å². The van der Waals surface area contributed by atoms with Gasteiger partial charge in [-0.1, -0.05) is 0 Å². The smallest absolute Gasteiger partial charge is 0.237 e. The molecule has 0 aliphatic heterocycles. The van der Waals surface area contributed by atoms with Gasteiger partial charge in [-0.3, -0.25) is 14.4 Å². The minimum atomic E-state index is -0.612. The van der Waals surface area contributed by atoms with Gasteiger partial charge in [0, 0.05) is 31.3 Å². The molecular weight excluding hydrogens is 292 g/mol. The van der Waals surface area contributed by atoms with Crippen LogP contribution >= 0.6 is 11.8 Å². The molecule has 1 atom stereocenters. The maximum atomic E-state index is 11.5. The first kappa shape index (κ1) is 19.7.